The van der Waals surface area contributed by atoms with Crippen LogP contribution >= 0.6 is 11.3 Å². The number of carbonyl (C=O) groups excluding carboxylic acids is 6. The molecule has 15 nitrogen and oxygen atoms in total. The summed E-state index contributed by atoms with van der Waals surface area (Å²) < 4.78 is 58.3. The number of hydrogen-bond donors (Lipinski definition) is 0. The van der Waals surface area contributed by atoms with Crippen LogP contribution in [-0.2, 0) is 43.0 Å². The summed E-state index contributed by atoms with van der Waals surface area (Å²) in [5.74, 6) is -4.10. The predicted octanol–water partition coefficient (Wildman–Crippen LogP) is 4.93. The Hall–Kier alpha value is -7.56. The molecule has 1 atom stereocenters. The highest BCUT2D eigenvalue weighted by molar-refractivity contribution is 7.13. The number of alkyl halides is 3. The number of imide groups is 2. The van der Waals surface area contributed by atoms with Crippen molar-refractivity contribution in [1.82, 2.24) is 9.80 Å². The zero-order valence-corrected chi connectivity index (χ0v) is 33.0. The van der Waals surface area contributed by atoms with Crippen molar-refractivity contribution in [3.63, 3.8) is 0 Å². The topological polar surface area (TPSA) is 211 Å². The molecule has 0 radical (unpaired) electrons. The molecular weight excluding hydrogens is 822 g/mol. The summed E-state index contributed by atoms with van der Waals surface area (Å²) in [4.78, 5) is 76.8. The van der Waals surface area contributed by atoms with Gasteiger partial charge < -0.3 is 19.1 Å². The van der Waals surface area contributed by atoms with Gasteiger partial charge in [0.1, 0.15) is 37.0 Å². The Morgan fingerprint density at radius 1 is 0.770 bits per heavy atom. The van der Waals surface area contributed by atoms with E-state index in [0.717, 1.165) is 57.5 Å². The zero-order valence-electron chi connectivity index (χ0n) is 32.1. The molecule has 0 saturated heterocycles. The number of benzene rings is 1. The van der Waals surface area contributed by atoms with Gasteiger partial charge in [-0.15, -0.1) is 11.3 Å². The Morgan fingerprint density at radius 3 is 1.69 bits per heavy atom. The molecule has 0 N–H and O–H groups in total. The first-order valence-electron chi connectivity index (χ1n) is 18.2. The van der Waals surface area contributed by atoms with Crippen molar-refractivity contribution in [2.45, 2.75) is 31.5 Å². The number of nitriles is 3. The van der Waals surface area contributed by atoms with Crippen LogP contribution in [0.25, 0.3) is 18.2 Å². The summed E-state index contributed by atoms with van der Waals surface area (Å²) in [5, 5.41) is 28.1. The molecule has 0 saturated carbocycles. The second-order valence-corrected chi connectivity index (χ2v) is 14.4. The molecule has 1 aromatic heterocycles. The van der Waals surface area contributed by atoms with E-state index in [2.05, 4.69) is 0 Å². The van der Waals surface area contributed by atoms with Crippen LogP contribution in [0, 0.1) is 34.0 Å². The third-order valence-electron chi connectivity index (χ3n) is 9.31. The number of halogens is 3. The van der Waals surface area contributed by atoms with Crippen LogP contribution in [-0.4, -0.2) is 96.5 Å². The predicted molar refractivity (Wildman–Crippen MR) is 210 cm³/mol. The fourth-order valence-electron chi connectivity index (χ4n) is 5.99. The van der Waals surface area contributed by atoms with E-state index in [1.54, 1.807) is 59.5 Å². The summed E-state index contributed by atoms with van der Waals surface area (Å²) in [6.45, 7) is 0.573. The van der Waals surface area contributed by atoms with Crippen LogP contribution < -0.4 is 4.90 Å². The molecule has 0 aliphatic carbocycles. The van der Waals surface area contributed by atoms with E-state index in [-0.39, 0.29) is 52.2 Å². The van der Waals surface area contributed by atoms with Crippen LogP contribution in [0.1, 0.15) is 35.1 Å². The number of anilines is 1. The fourth-order valence-corrected chi connectivity index (χ4v) is 6.80. The molecule has 4 amide bonds. The Balaban J connectivity index is 1.23. The number of allylic oxidation sites excluding steroid dienone is 2. The van der Waals surface area contributed by atoms with E-state index in [4.69, 9.17) is 14.2 Å². The van der Waals surface area contributed by atoms with Crippen molar-refractivity contribution < 1.29 is 56.1 Å². The van der Waals surface area contributed by atoms with Gasteiger partial charge in [-0.1, -0.05) is 24.3 Å². The lowest BCUT2D eigenvalue weighted by molar-refractivity contribution is -0.236. The summed E-state index contributed by atoms with van der Waals surface area (Å²) in [6.07, 6.45) is 5.06. The maximum atomic E-state index is 14.2. The van der Waals surface area contributed by atoms with Crippen LogP contribution in [0.15, 0.2) is 89.3 Å². The maximum absolute atomic E-state index is 14.2. The summed E-state index contributed by atoms with van der Waals surface area (Å²) >= 11 is 1.23. The Kier molecular flexibility index (Phi) is 14.2. The van der Waals surface area contributed by atoms with Crippen molar-refractivity contribution in [1.29, 1.82) is 15.8 Å². The molecule has 0 fully saturated rings. The van der Waals surface area contributed by atoms with Crippen molar-refractivity contribution in [3.8, 4) is 18.2 Å². The number of thiophene rings is 1. The number of esters is 2. The monoisotopic (exact) mass is 854 g/mol. The molecule has 61 heavy (non-hydrogen) atoms. The van der Waals surface area contributed by atoms with E-state index in [1.165, 1.54) is 29.6 Å². The van der Waals surface area contributed by atoms with Gasteiger partial charge in [0, 0.05) is 58.4 Å². The number of ether oxygens (including phenoxy) is 3. The molecule has 3 aliphatic rings. The summed E-state index contributed by atoms with van der Waals surface area (Å²) in [7, 11) is 0. The molecule has 2 aromatic rings. The highest BCUT2D eigenvalue weighted by Gasteiger charge is 2.60. The number of amides is 4. The van der Waals surface area contributed by atoms with Gasteiger partial charge in [-0.2, -0.15) is 29.0 Å². The zero-order chi connectivity index (χ0) is 44.3. The minimum absolute atomic E-state index is 0.0911. The van der Waals surface area contributed by atoms with Gasteiger partial charge in [0.05, 0.1) is 25.9 Å². The number of rotatable bonds is 17. The lowest BCUT2D eigenvalue weighted by atomic mass is 9.92. The quantitative estimate of drug-likeness (QED) is 0.118. The SMILES string of the molecule is CC1(C(F)(F)F)OC(=C(C#N)C#N)C(C#N)=C1/C=C/c1ccc(/C=C/c2ccc(N(CCOC(=O)CCN3C(=O)C=CC3=O)CCOC(=O)CCN3C(=O)C=CC3=O)cc2)s1. The Labute approximate surface area is 350 Å². The maximum Gasteiger partial charge on any atom is 0.432 e. The van der Waals surface area contributed by atoms with Gasteiger partial charge in [0.15, 0.2) is 11.3 Å². The van der Waals surface area contributed by atoms with Gasteiger partial charge in [0.2, 0.25) is 5.60 Å². The van der Waals surface area contributed by atoms with E-state index >= 15 is 0 Å². The van der Waals surface area contributed by atoms with E-state index in [1.807, 2.05) is 0 Å². The largest absolute Gasteiger partial charge is 0.470 e. The molecule has 312 valence electrons. The third kappa shape index (κ3) is 10.7. The molecule has 3 aliphatic heterocycles. The number of hydrogen-bond acceptors (Lipinski definition) is 14. The lowest BCUT2D eigenvalue weighted by Gasteiger charge is -2.28. The van der Waals surface area contributed by atoms with Gasteiger partial charge in [-0.3, -0.25) is 38.6 Å². The molecular formula is C42H33F3N6O9S. The smallest absolute Gasteiger partial charge is 0.432 e. The van der Waals surface area contributed by atoms with Gasteiger partial charge >= 0.3 is 18.1 Å². The van der Waals surface area contributed by atoms with Gasteiger partial charge in [-0.05, 0) is 48.9 Å². The van der Waals surface area contributed by atoms with Crippen molar-refractivity contribution in [3.05, 3.63) is 105 Å². The normalized spacial score (nSPS) is 17.4. The Morgan fingerprint density at radius 2 is 1.25 bits per heavy atom. The minimum atomic E-state index is -4.99. The fraction of sp³-hybridized carbons (Fsp3) is 0.262. The van der Waals surface area contributed by atoms with Gasteiger partial charge in [0.25, 0.3) is 23.6 Å². The van der Waals surface area contributed by atoms with Crippen LogP contribution in [0.3, 0.4) is 0 Å². The molecule has 4 heterocycles. The van der Waals surface area contributed by atoms with E-state index < -0.39 is 69.8 Å². The lowest BCUT2D eigenvalue weighted by Crippen LogP contribution is -2.43. The second-order valence-electron chi connectivity index (χ2n) is 13.2. The first-order valence-corrected chi connectivity index (χ1v) is 19.0. The summed E-state index contributed by atoms with van der Waals surface area (Å²) in [6, 6.07) is 15.1. The molecule has 5 rings (SSSR count). The van der Waals surface area contributed by atoms with Crippen molar-refractivity contribution >= 4 is 70.8 Å². The van der Waals surface area contributed by atoms with Crippen LogP contribution in [0.2, 0.25) is 0 Å². The molecule has 19 heteroatoms. The second kappa shape index (κ2) is 19.5. The molecule has 0 spiro atoms. The highest BCUT2D eigenvalue weighted by atomic mass is 32.1. The minimum Gasteiger partial charge on any atom is -0.470 e. The number of carbonyl (C=O) groups is 6. The first kappa shape index (κ1) is 44.5. The van der Waals surface area contributed by atoms with Crippen molar-refractivity contribution in [2.24, 2.45) is 0 Å². The molecule has 1 unspecified atom stereocenters. The molecule has 1 aromatic carbocycles. The average Bonchev–Trinajstić information content (AvgIpc) is 3.99. The standard InChI is InChI=1S/C42H33F3N6O9S/c1-41(42(43,44)45)33(32(26-48)40(60-41)28(24-46)25-47)11-10-31-9-8-30(61-31)7-4-27-2-5-29(6-3-27)49(20-22-58-38(56)16-18-50-34(52)12-13-35(50)53)21-23-59-39(57)17-19-51-36(54)14-15-37(51)55/h2-15H,16-23H2,1H3/b7-4+,11-10+. The van der Waals surface area contributed by atoms with E-state index in [9.17, 15) is 57.7 Å². The molecule has 0 bridgehead atoms. The van der Waals surface area contributed by atoms with Gasteiger partial charge in [-0.25, -0.2) is 0 Å². The summed E-state index contributed by atoms with van der Waals surface area (Å²) in [5.41, 5.74) is -3.44. The van der Waals surface area contributed by atoms with Crippen LogP contribution in [0.4, 0.5) is 18.9 Å². The van der Waals surface area contributed by atoms with Crippen molar-refractivity contribution in [2.75, 3.05) is 44.3 Å². The van der Waals surface area contributed by atoms with E-state index in [0.29, 0.717) is 10.6 Å². The average molecular weight is 855 g/mol. The number of nitrogens with zero attached hydrogens (tertiary/aromatic N) is 6. The highest BCUT2D eigenvalue weighted by Crippen LogP contribution is 2.49. The van der Waals surface area contributed by atoms with Crippen LogP contribution in [0.5, 0.6) is 0 Å². The third-order valence-corrected chi connectivity index (χ3v) is 10.3. The Bertz CT molecular complexity index is 2330. The first-order chi connectivity index (χ1) is 29.1.